The molecule has 2 fully saturated rings. The lowest BCUT2D eigenvalue weighted by molar-refractivity contribution is -0.138. The highest BCUT2D eigenvalue weighted by Crippen LogP contribution is 2.59. The van der Waals surface area contributed by atoms with Crippen molar-refractivity contribution in [2.45, 2.75) is 66.1 Å². The number of amides is 2. The molecule has 0 spiro atoms. The fraction of sp³-hybridized carbons (Fsp3) is 0.355. The van der Waals surface area contributed by atoms with Gasteiger partial charge in [0.25, 0.3) is 0 Å². The van der Waals surface area contributed by atoms with E-state index in [1.165, 1.54) is 6.92 Å². The number of anilines is 1. The van der Waals surface area contributed by atoms with E-state index < -0.39 is 6.04 Å². The summed E-state index contributed by atoms with van der Waals surface area (Å²) in [6, 6.07) is 7.12. The molecule has 0 bridgehead atoms. The summed E-state index contributed by atoms with van der Waals surface area (Å²) in [7, 11) is 0. The number of nitrogens with one attached hydrogen (secondary N) is 1. The van der Waals surface area contributed by atoms with E-state index in [0.717, 1.165) is 39.6 Å². The largest absolute Gasteiger partial charge is 0.337 e. The molecule has 41 heavy (non-hydrogen) atoms. The van der Waals surface area contributed by atoms with Crippen molar-refractivity contribution < 1.29 is 14.4 Å². The lowest BCUT2D eigenvalue weighted by Crippen LogP contribution is -2.46. The number of likely N-dealkylation sites (tertiary alicyclic amines) is 1. The molecular formula is C31H31BrN6O3. The molecule has 1 aliphatic carbocycles. The zero-order valence-corrected chi connectivity index (χ0v) is 25.2. The van der Waals surface area contributed by atoms with Crippen LogP contribution < -0.4 is 5.32 Å². The Balaban J connectivity index is 1.32. The van der Waals surface area contributed by atoms with Crippen molar-refractivity contribution in [3.63, 3.8) is 0 Å². The number of piperidine rings is 1. The van der Waals surface area contributed by atoms with Crippen molar-refractivity contribution in [2.24, 2.45) is 5.41 Å². The van der Waals surface area contributed by atoms with Gasteiger partial charge in [-0.3, -0.25) is 14.4 Å². The van der Waals surface area contributed by atoms with Crippen LogP contribution in [0.5, 0.6) is 0 Å². The van der Waals surface area contributed by atoms with Crippen molar-refractivity contribution in [3.05, 3.63) is 70.0 Å². The van der Waals surface area contributed by atoms with Crippen LogP contribution in [0.25, 0.3) is 22.0 Å². The first-order valence-corrected chi connectivity index (χ1v) is 14.4. The number of benzene rings is 1. The zero-order valence-electron chi connectivity index (χ0n) is 23.7. The maximum atomic E-state index is 13.9. The standard InChI is InChI=1S/C31H31BrN6O3/c1-16-6-7-26(32)35-29(16)36-30(41)24-10-31(5)11-25(31)38(24)27(40)15-37-14-23(18(3)39)22-9-20(8-17(2)28(22)37)21-12-33-19(4)34-13-21/h6-9,12-14,24-25H,10-11,15H2,1-5H3,(H,35,36,41)/t24-,25+,31-/m0/s1. The second-order valence-corrected chi connectivity index (χ2v) is 12.4. The van der Waals surface area contributed by atoms with E-state index in [0.29, 0.717) is 28.2 Å². The lowest BCUT2D eigenvalue weighted by atomic mass is 10.0. The van der Waals surface area contributed by atoms with Gasteiger partial charge in [0.2, 0.25) is 11.8 Å². The van der Waals surface area contributed by atoms with Gasteiger partial charge in [-0.1, -0.05) is 13.0 Å². The Morgan fingerprint density at radius 3 is 2.49 bits per heavy atom. The predicted molar refractivity (Wildman–Crippen MR) is 160 cm³/mol. The highest BCUT2D eigenvalue weighted by molar-refractivity contribution is 9.10. The summed E-state index contributed by atoms with van der Waals surface area (Å²) in [6.45, 7) is 9.39. The molecule has 210 valence electrons. The molecule has 1 aromatic carbocycles. The number of hydrogen-bond donors (Lipinski definition) is 1. The fourth-order valence-corrected chi connectivity index (χ4v) is 6.50. The Labute approximate surface area is 246 Å². The first-order chi connectivity index (χ1) is 19.4. The van der Waals surface area contributed by atoms with Crippen LogP contribution >= 0.6 is 15.9 Å². The smallest absolute Gasteiger partial charge is 0.248 e. The number of ketones is 1. The number of hydrogen-bond acceptors (Lipinski definition) is 6. The summed E-state index contributed by atoms with van der Waals surface area (Å²) in [6.07, 6.45) is 6.79. The molecule has 0 unspecified atom stereocenters. The van der Waals surface area contributed by atoms with E-state index in [1.54, 1.807) is 23.5 Å². The van der Waals surface area contributed by atoms with Gasteiger partial charge in [0.15, 0.2) is 5.78 Å². The van der Waals surface area contributed by atoms with Crippen LogP contribution in [0.3, 0.4) is 0 Å². The highest BCUT2D eigenvalue weighted by Gasteiger charge is 2.64. The third-order valence-corrected chi connectivity index (χ3v) is 8.93. The van der Waals surface area contributed by atoms with E-state index in [9.17, 15) is 14.4 Å². The van der Waals surface area contributed by atoms with E-state index in [1.807, 2.05) is 49.6 Å². The molecule has 1 saturated carbocycles. The van der Waals surface area contributed by atoms with Crippen LogP contribution in [0.2, 0.25) is 0 Å². The minimum absolute atomic E-state index is 0.0191. The molecule has 10 heteroatoms. The zero-order chi connectivity index (χ0) is 29.2. The summed E-state index contributed by atoms with van der Waals surface area (Å²) in [5.41, 5.74) is 4.85. The second kappa shape index (κ2) is 9.87. The quantitative estimate of drug-likeness (QED) is 0.230. The molecular weight excluding hydrogens is 584 g/mol. The molecule has 3 atom stereocenters. The number of rotatable bonds is 6. The molecule has 4 heterocycles. The van der Waals surface area contributed by atoms with Crippen molar-refractivity contribution in [1.29, 1.82) is 0 Å². The summed E-state index contributed by atoms with van der Waals surface area (Å²) in [5.74, 6) is 0.712. The lowest BCUT2D eigenvalue weighted by Gasteiger charge is -2.27. The number of nitrogens with zero attached hydrogens (tertiary/aromatic N) is 5. The minimum atomic E-state index is -0.588. The summed E-state index contributed by atoms with van der Waals surface area (Å²) < 4.78 is 2.48. The van der Waals surface area contributed by atoms with Crippen LogP contribution in [-0.2, 0) is 16.1 Å². The maximum absolute atomic E-state index is 13.9. The number of aromatic nitrogens is 4. The molecule has 6 rings (SSSR count). The average Bonchev–Trinajstić information content (AvgIpc) is 3.27. The fourth-order valence-electron chi connectivity index (χ4n) is 6.19. The molecule has 3 aromatic heterocycles. The highest BCUT2D eigenvalue weighted by atomic mass is 79.9. The monoisotopic (exact) mass is 614 g/mol. The summed E-state index contributed by atoms with van der Waals surface area (Å²) in [4.78, 5) is 54.9. The first-order valence-electron chi connectivity index (χ1n) is 13.6. The van der Waals surface area contributed by atoms with Gasteiger partial charge in [0.05, 0.1) is 5.52 Å². The average molecular weight is 616 g/mol. The Morgan fingerprint density at radius 2 is 1.78 bits per heavy atom. The topological polar surface area (TPSA) is 110 Å². The van der Waals surface area contributed by atoms with E-state index >= 15 is 0 Å². The maximum Gasteiger partial charge on any atom is 0.248 e. The number of Topliss-reactive ketones (excluding diaryl/α,β-unsaturated/α-hetero) is 1. The van der Waals surface area contributed by atoms with Gasteiger partial charge < -0.3 is 14.8 Å². The Hall–Kier alpha value is -3.92. The summed E-state index contributed by atoms with van der Waals surface area (Å²) in [5, 5.41) is 3.73. The molecule has 4 aromatic rings. The molecule has 0 radical (unpaired) electrons. The van der Waals surface area contributed by atoms with Gasteiger partial charge in [-0.15, -0.1) is 0 Å². The summed E-state index contributed by atoms with van der Waals surface area (Å²) >= 11 is 3.37. The molecule has 1 N–H and O–H groups in total. The van der Waals surface area contributed by atoms with E-state index in [4.69, 9.17) is 0 Å². The molecule has 2 aliphatic rings. The number of carbonyl (C=O) groups excluding carboxylic acids is 3. The Morgan fingerprint density at radius 1 is 1.05 bits per heavy atom. The second-order valence-electron chi connectivity index (χ2n) is 11.6. The molecule has 1 saturated heterocycles. The third kappa shape index (κ3) is 4.84. The Kier molecular flexibility index (Phi) is 6.56. The molecule has 9 nitrogen and oxygen atoms in total. The SMILES string of the molecule is CC(=O)c1cn(CC(=O)N2[C@H](C(=O)Nc3nc(Br)ccc3C)C[C@@]3(C)C[C@@H]23)c2c(C)cc(-c3cnc(C)nc3)cc12. The van der Waals surface area contributed by atoms with Gasteiger partial charge in [0.1, 0.15) is 28.8 Å². The molecule has 1 aliphatic heterocycles. The number of halogens is 1. The first kappa shape index (κ1) is 27.3. The van der Waals surface area contributed by atoms with Gasteiger partial charge in [-0.05, 0) is 96.8 Å². The predicted octanol–water partition coefficient (Wildman–Crippen LogP) is 5.40. The van der Waals surface area contributed by atoms with E-state index in [2.05, 4.69) is 43.1 Å². The normalized spacial score (nSPS) is 21.2. The van der Waals surface area contributed by atoms with Gasteiger partial charge in [-0.25, -0.2) is 15.0 Å². The van der Waals surface area contributed by atoms with Crippen molar-refractivity contribution in [2.75, 3.05) is 5.32 Å². The van der Waals surface area contributed by atoms with Gasteiger partial charge in [-0.2, -0.15) is 0 Å². The van der Waals surface area contributed by atoms with Crippen molar-refractivity contribution in [1.82, 2.24) is 24.4 Å². The van der Waals surface area contributed by atoms with Crippen LogP contribution in [0.1, 0.15) is 54.0 Å². The van der Waals surface area contributed by atoms with Gasteiger partial charge >= 0.3 is 0 Å². The van der Waals surface area contributed by atoms with Crippen LogP contribution in [0.15, 0.2) is 47.5 Å². The van der Waals surface area contributed by atoms with Crippen LogP contribution in [0, 0.1) is 26.2 Å². The van der Waals surface area contributed by atoms with Crippen molar-refractivity contribution >= 4 is 50.2 Å². The molecule has 2 amide bonds. The van der Waals surface area contributed by atoms with E-state index in [-0.39, 0.29) is 35.6 Å². The van der Waals surface area contributed by atoms with Crippen LogP contribution in [0.4, 0.5) is 5.82 Å². The Bertz CT molecular complexity index is 1750. The number of fused-ring (bicyclic) bond motifs is 2. The number of aryl methyl sites for hydroxylation is 3. The van der Waals surface area contributed by atoms with Crippen molar-refractivity contribution in [3.8, 4) is 11.1 Å². The number of pyridine rings is 1. The van der Waals surface area contributed by atoms with Crippen LogP contribution in [-0.4, -0.2) is 54.1 Å². The number of carbonyl (C=O) groups is 3. The minimum Gasteiger partial charge on any atom is -0.337 e. The van der Waals surface area contributed by atoms with Gasteiger partial charge in [0, 0.05) is 41.1 Å². The third-order valence-electron chi connectivity index (χ3n) is 8.49.